The van der Waals surface area contributed by atoms with Gasteiger partial charge in [0, 0.05) is 37.7 Å². The highest BCUT2D eigenvalue weighted by atomic mass is 19.4. The van der Waals surface area contributed by atoms with E-state index in [2.05, 4.69) is 65.0 Å². The maximum absolute atomic E-state index is 12.9. The molecule has 0 fully saturated rings. The summed E-state index contributed by atoms with van der Waals surface area (Å²) in [6.07, 6.45) is 3.85. The summed E-state index contributed by atoms with van der Waals surface area (Å²) in [5.74, 6) is 7.15. The van der Waals surface area contributed by atoms with Gasteiger partial charge in [-0.2, -0.15) is 18.3 Å². The number of amides is 1. The lowest BCUT2D eigenvalue weighted by Crippen LogP contribution is -2.30. The molecule has 2 aromatic heterocycles. The zero-order chi connectivity index (χ0) is 28.8. The minimum Gasteiger partial charge on any atom is -0.357 e. The van der Waals surface area contributed by atoms with E-state index in [0.29, 0.717) is 12.8 Å². The van der Waals surface area contributed by atoms with Gasteiger partial charge in [-0.1, -0.05) is 46.0 Å². The van der Waals surface area contributed by atoms with Crippen LogP contribution in [0.4, 0.5) is 19.0 Å². The van der Waals surface area contributed by atoms with Crippen molar-refractivity contribution in [3.05, 3.63) is 51.1 Å². The monoisotopic (exact) mass is 547 g/mol. The molecule has 1 amide bonds. The second kappa shape index (κ2) is 15.9. The molecule has 1 aliphatic carbocycles. The Bertz CT molecular complexity index is 1160. The molecule has 3 rings (SSSR count). The molecule has 0 aliphatic heterocycles. The second-order valence-electron chi connectivity index (χ2n) is 9.50. The Morgan fingerprint density at radius 1 is 1.13 bits per heavy atom. The van der Waals surface area contributed by atoms with Crippen LogP contribution < -0.4 is 15.8 Å². The van der Waals surface area contributed by atoms with Gasteiger partial charge >= 0.3 is 6.18 Å². The lowest BCUT2D eigenvalue weighted by atomic mass is 10.1. The quantitative estimate of drug-likeness (QED) is 0.359. The summed E-state index contributed by atoms with van der Waals surface area (Å²) in [6.45, 7) is 10.6. The molecule has 0 bridgehead atoms. The molecule has 1 unspecified atom stereocenters. The molecule has 1 aliphatic rings. The zero-order valence-corrected chi connectivity index (χ0v) is 23.4. The average molecular weight is 548 g/mol. The van der Waals surface area contributed by atoms with Crippen LogP contribution in [0.3, 0.4) is 0 Å². The number of hydrogen-bond donors (Lipinski definition) is 2. The number of carbonyl (C=O) groups is 1. The Balaban J connectivity index is 0.000000277. The van der Waals surface area contributed by atoms with Crippen LogP contribution in [-0.4, -0.2) is 34.2 Å². The Labute approximate surface area is 229 Å². The Hall–Kier alpha value is -3.35. The number of nitrogens with one attached hydrogen (secondary N) is 2. The summed E-state index contributed by atoms with van der Waals surface area (Å²) in [7, 11) is 0. The van der Waals surface area contributed by atoms with Crippen molar-refractivity contribution < 1.29 is 18.0 Å². The fraction of sp³-hybridized carbons (Fsp3) is 0.586. The fourth-order valence-corrected chi connectivity index (χ4v) is 4.33. The topological polar surface area (TPSA) is 91.0 Å². The van der Waals surface area contributed by atoms with Gasteiger partial charge < -0.3 is 10.2 Å². The number of rotatable bonds is 10. The van der Waals surface area contributed by atoms with Gasteiger partial charge in [0.15, 0.2) is 0 Å². The number of aromatic nitrogens is 3. The van der Waals surface area contributed by atoms with Gasteiger partial charge in [0.2, 0.25) is 5.91 Å². The largest absolute Gasteiger partial charge is 0.422 e. The lowest BCUT2D eigenvalue weighted by Gasteiger charge is -2.22. The first kappa shape index (κ1) is 31.9. The van der Waals surface area contributed by atoms with E-state index in [-0.39, 0.29) is 23.6 Å². The van der Waals surface area contributed by atoms with E-state index in [4.69, 9.17) is 0 Å². The molecule has 39 heavy (non-hydrogen) atoms. The molecule has 0 spiro atoms. The van der Waals surface area contributed by atoms with Crippen molar-refractivity contribution in [1.29, 1.82) is 0 Å². The number of fused-ring (bicyclic) bond motifs is 1. The summed E-state index contributed by atoms with van der Waals surface area (Å²) in [5.41, 5.74) is -1.41. The summed E-state index contributed by atoms with van der Waals surface area (Å²) in [4.78, 5) is 29.9. The maximum atomic E-state index is 12.9. The molecule has 214 valence electrons. The number of anilines is 1. The van der Waals surface area contributed by atoms with Gasteiger partial charge in [0.05, 0.1) is 11.7 Å². The van der Waals surface area contributed by atoms with Crippen molar-refractivity contribution >= 4 is 11.7 Å². The standard InChI is InChI=1S/C16H24N2.C13H16F3N3O2/c1-4-7-8-9-15-10-11-16(17-14-15)18(12-5-2)13-6-3;1-2-3-4-9(20)17-8-6-5-7-10(13(14,15)16)12(21)19-18-11(7)8/h10-11,14H,4-7,12-13H2,1-3H3;8H,2-6H2,1H3,(H,17,20)(H,19,21). The van der Waals surface area contributed by atoms with Crippen LogP contribution in [-0.2, 0) is 17.4 Å². The smallest absolute Gasteiger partial charge is 0.357 e. The highest BCUT2D eigenvalue weighted by molar-refractivity contribution is 5.76. The van der Waals surface area contributed by atoms with Crippen LogP contribution in [0.5, 0.6) is 0 Å². The third kappa shape index (κ3) is 9.72. The van der Waals surface area contributed by atoms with Gasteiger partial charge in [-0.15, -0.1) is 0 Å². The summed E-state index contributed by atoms with van der Waals surface area (Å²) in [6, 6.07) is 3.59. The van der Waals surface area contributed by atoms with Crippen LogP contribution in [0, 0.1) is 11.8 Å². The van der Waals surface area contributed by atoms with E-state index in [9.17, 15) is 22.8 Å². The number of halogens is 3. The van der Waals surface area contributed by atoms with Crippen molar-refractivity contribution in [3.8, 4) is 11.8 Å². The van der Waals surface area contributed by atoms with E-state index in [1.54, 1.807) is 0 Å². The molecule has 0 aromatic carbocycles. The summed E-state index contributed by atoms with van der Waals surface area (Å²) >= 11 is 0. The van der Waals surface area contributed by atoms with Crippen LogP contribution in [0.1, 0.15) is 107 Å². The number of aromatic amines is 1. The van der Waals surface area contributed by atoms with E-state index < -0.39 is 23.3 Å². The van der Waals surface area contributed by atoms with Crippen molar-refractivity contribution in [2.45, 2.75) is 97.7 Å². The van der Waals surface area contributed by atoms with E-state index in [1.165, 1.54) is 0 Å². The maximum Gasteiger partial charge on any atom is 0.422 e. The van der Waals surface area contributed by atoms with Gasteiger partial charge in [-0.05, 0) is 56.2 Å². The van der Waals surface area contributed by atoms with Gasteiger partial charge in [0.25, 0.3) is 5.56 Å². The van der Waals surface area contributed by atoms with Crippen molar-refractivity contribution in [2.75, 3.05) is 18.0 Å². The SMILES string of the molecule is CCCC#Cc1ccc(N(CCC)CCC)nc1.CCCCC(=O)NC1CCc2c1n[nH]c(=O)c2C(F)(F)F. The van der Waals surface area contributed by atoms with Gasteiger partial charge in [-0.25, -0.2) is 10.1 Å². The number of pyridine rings is 1. The highest BCUT2D eigenvalue weighted by Crippen LogP contribution is 2.37. The summed E-state index contributed by atoms with van der Waals surface area (Å²) in [5, 5.41) is 8.25. The first-order chi connectivity index (χ1) is 18.7. The predicted molar refractivity (Wildman–Crippen MR) is 147 cm³/mol. The number of unbranched alkanes of at least 4 members (excludes halogenated alkanes) is 2. The fourth-order valence-electron chi connectivity index (χ4n) is 4.33. The number of carbonyl (C=O) groups excluding carboxylic acids is 1. The third-order valence-electron chi connectivity index (χ3n) is 6.17. The molecular formula is C29H40F3N5O2. The van der Waals surface area contributed by atoms with Crippen molar-refractivity contribution in [2.24, 2.45) is 0 Å². The molecule has 2 N–H and O–H groups in total. The molecule has 0 saturated heterocycles. The van der Waals surface area contributed by atoms with E-state index >= 15 is 0 Å². The molecule has 2 aromatic rings. The number of nitrogens with zero attached hydrogens (tertiary/aromatic N) is 3. The minimum atomic E-state index is -4.72. The normalized spacial score (nSPS) is 14.0. The number of alkyl halides is 3. The van der Waals surface area contributed by atoms with E-state index in [1.807, 2.05) is 18.2 Å². The third-order valence-corrected chi connectivity index (χ3v) is 6.17. The Morgan fingerprint density at radius 3 is 2.41 bits per heavy atom. The first-order valence-electron chi connectivity index (χ1n) is 13.8. The minimum absolute atomic E-state index is 0.0832. The predicted octanol–water partition coefficient (Wildman–Crippen LogP) is 5.94. The molecule has 1 atom stereocenters. The molecule has 0 radical (unpaired) electrons. The van der Waals surface area contributed by atoms with Crippen molar-refractivity contribution in [1.82, 2.24) is 20.5 Å². The van der Waals surface area contributed by atoms with Crippen LogP contribution in [0.2, 0.25) is 0 Å². The first-order valence-corrected chi connectivity index (χ1v) is 13.8. The second-order valence-corrected chi connectivity index (χ2v) is 9.50. The van der Waals surface area contributed by atoms with Gasteiger partial charge in [-0.3, -0.25) is 9.59 Å². The van der Waals surface area contributed by atoms with Crippen LogP contribution in [0.15, 0.2) is 23.1 Å². The molecule has 2 heterocycles. The zero-order valence-electron chi connectivity index (χ0n) is 23.4. The molecule has 0 saturated carbocycles. The number of H-pyrrole nitrogens is 1. The molecule has 10 heteroatoms. The summed E-state index contributed by atoms with van der Waals surface area (Å²) < 4.78 is 38.8. The lowest BCUT2D eigenvalue weighted by molar-refractivity contribution is -0.139. The van der Waals surface area contributed by atoms with E-state index in [0.717, 1.165) is 63.0 Å². The molecule has 7 nitrogen and oxygen atoms in total. The van der Waals surface area contributed by atoms with Crippen molar-refractivity contribution in [3.63, 3.8) is 0 Å². The number of hydrogen-bond acceptors (Lipinski definition) is 5. The Morgan fingerprint density at radius 2 is 1.85 bits per heavy atom. The van der Waals surface area contributed by atoms with Crippen LogP contribution in [0.25, 0.3) is 0 Å². The van der Waals surface area contributed by atoms with Crippen LogP contribution >= 0.6 is 0 Å². The highest BCUT2D eigenvalue weighted by Gasteiger charge is 2.41. The average Bonchev–Trinajstić information content (AvgIpc) is 3.29. The molecular weight excluding hydrogens is 507 g/mol. The van der Waals surface area contributed by atoms with Gasteiger partial charge in [0.1, 0.15) is 11.4 Å². The Kier molecular flexibility index (Phi) is 13.0.